The standard InChI is InChI=1S/C27H30N6O4/c1-4-22(18-6-5-7-20(16-18)37-3)31-27(36)33-24(26(35)32(2)19-9-11-29-12-10-19)21(25(33)34)14-17-8-13-30-23(28)15-17/h5-13,15-16,21-22,24H,4,14H2,1-3H3,(H2,28,30)(H,31,36)/t21-,22-,24+/m1/s1. The largest absolute Gasteiger partial charge is 0.497 e. The maximum Gasteiger partial charge on any atom is 0.325 e. The van der Waals surface area contributed by atoms with Crippen LogP contribution in [0.25, 0.3) is 0 Å². The number of aromatic nitrogens is 2. The molecule has 1 aromatic carbocycles. The zero-order valence-corrected chi connectivity index (χ0v) is 21.0. The Hall–Kier alpha value is -4.47. The van der Waals surface area contributed by atoms with E-state index in [1.807, 2.05) is 31.2 Å². The molecule has 1 fully saturated rings. The maximum atomic E-state index is 13.6. The van der Waals surface area contributed by atoms with E-state index in [0.717, 1.165) is 16.0 Å². The summed E-state index contributed by atoms with van der Waals surface area (Å²) in [6.07, 6.45) is 5.54. The van der Waals surface area contributed by atoms with E-state index in [2.05, 4.69) is 15.3 Å². The fraction of sp³-hybridized carbons (Fsp3) is 0.296. The van der Waals surface area contributed by atoms with Gasteiger partial charge in [-0.25, -0.2) is 9.78 Å². The topological polar surface area (TPSA) is 131 Å². The number of nitrogens with zero attached hydrogens (tertiary/aromatic N) is 4. The first-order valence-corrected chi connectivity index (χ1v) is 12.0. The zero-order chi connectivity index (χ0) is 26.5. The maximum absolute atomic E-state index is 13.6. The number of rotatable bonds is 8. The Labute approximate surface area is 215 Å². The van der Waals surface area contributed by atoms with Crippen LogP contribution in [-0.2, 0) is 16.0 Å². The Morgan fingerprint density at radius 3 is 2.59 bits per heavy atom. The van der Waals surface area contributed by atoms with E-state index in [1.54, 1.807) is 57.0 Å². The van der Waals surface area contributed by atoms with Crippen molar-refractivity contribution in [3.05, 3.63) is 78.2 Å². The molecule has 37 heavy (non-hydrogen) atoms. The molecular formula is C27H30N6O4. The number of ether oxygens (including phenoxy) is 1. The number of amides is 4. The number of imide groups is 1. The Bertz CT molecular complexity index is 1280. The van der Waals surface area contributed by atoms with E-state index < -0.39 is 23.9 Å². The second-order valence-corrected chi connectivity index (χ2v) is 8.84. The Kier molecular flexibility index (Phi) is 7.66. The summed E-state index contributed by atoms with van der Waals surface area (Å²) in [7, 11) is 3.19. The van der Waals surface area contributed by atoms with Gasteiger partial charge in [-0.1, -0.05) is 19.1 Å². The number of anilines is 2. The summed E-state index contributed by atoms with van der Waals surface area (Å²) in [5, 5.41) is 2.92. The molecule has 0 radical (unpaired) electrons. The number of benzene rings is 1. The first-order valence-electron chi connectivity index (χ1n) is 12.0. The molecule has 3 N–H and O–H groups in total. The number of likely N-dealkylation sites (tertiary alicyclic amines) is 1. The SMILES string of the molecule is CC[C@@H](NC(=O)N1C(=O)[C@H](Cc2ccnc(N)c2)[C@H]1C(=O)N(C)c1ccncc1)c1cccc(OC)c1. The molecule has 1 aliphatic heterocycles. The van der Waals surface area contributed by atoms with E-state index >= 15 is 0 Å². The lowest BCUT2D eigenvalue weighted by Gasteiger charge is -2.46. The van der Waals surface area contributed by atoms with Gasteiger partial charge in [0.25, 0.3) is 5.91 Å². The highest BCUT2D eigenvalue weighted by atomic mass is 16.5. The van der Waals surface area contributed by atoms with Crippen LogP contribution >= 0.6 is 0 Å². The quantitative estimate of drug-likeness (QED) is 0.453. The van der Waals surface area contributed by atoms with E-state index in [-0.39, 0.29) is 18.4 Å². The summed E-state index contributed by atoms with van der Waals surface area (Å²) in [5.74, 6) is -0.535. The average molecular weight is 503 g/mol. The Balaban J connectivity index is 1.60. The number of hydrogen-bond donors (Lipinski definition) is 2. The summed E-state index contributed by atoms with van der Waals surface area (Å²) < 4.78 is 5.30. The van der Waals surface area contributed by atoms with Gasteiger partial charge < -0.3 is 20.7 Å². The van der Waals surface area contributed by atoms with Crippen LogP contribution in [0, 0.1) is 5.92 Å². The molecule has 1 saturated heterocycles. The lowest BCUT2D eigenvalue weighted by atomic mass is 9.81. The number of nitrogen functional groups attached to an aromatic ring is 1. The van der Waals surface area contributed by atoms with Gasteiger partial charge in [0.1, 0.15) is 17.6 Å². The van der Waals surface area contributed by atoms with Crippen molar-refractivity contribution in [1.29, 1.82) is 0 Å². The molecule has 1 aliphatic rings. The molecule has 3 aromatic rings. The molecule has 0 bridgehead atoms. The predicted molar refractivity (Wildman–Crippen MR) is 139 cm³/mol. The molecular weight excluding hydrogens is 472 g/mol. The van der Waals surface area contributed by atoms with Crippen molar-refractivity contribution in [2.75, 3.05) is 24.8 Å². The van der Waals surface area contributed by atoms with Crippen molar-refractivity contribution in [1.82, 2.24) is 20.2 Å². The number of hydrogen-bond acceptors (Lipinski definition) is 7. The van der Waals surface area contributed by atoms with Crippen LogP contribution in [0.1, 0.15) is 30.5 Å². The Morgan fingerprint density at radius 2 is 1.92 bits per heavy atom. The molecule has 2 aromatic heterocycles. The van der Waals surface area contributed by atoms with Crippen LogP contribution in [0.15, 0.2) is 67.1 Å². The van der Waals surface area contributed by atoms with Gasteiger partial charge in [-0.15, -0.1) is 0 Å². The first kappa shape index (κ1) is 25.6. The van der Waals surface area contributed by atoms with Gasteiger partial charge in [0.2, 0.25) is 5.91 Å². The number of nitrogens with one attached hydrogen (secondary N) is 1. The normalized spacial score (nSPS) is 17.5. The van der Waals surface area contributed by atoms with Crippen molar-refractivity contribution < 1.29 is 19.1 Å². The Morgan fingerprint density at radius 1 is 1.16 bits per heavy atom. The number of methoxy groups -OCH3 is 1. The second-order valence-electron chi connectivity index (χ2n) is 8.84. The van der Waals surface area contributed by atoms with E-state index in [9.17, 15) is 14.4 Å². The minimum absolute atomic E-state index is 0.253. The van der Waals surface area contributed by atoms with Crippen molar-refractivity contribution in [3.8, 4) is 5.75 Å². The highest BCUT2D eigenvalue weighted by Crippen LogP contribution is 2.33. The molecule has 0 unspecified atom stereocenters. The summed E-state index contributed by atoms with van der Waals surface area (Å²) >= 11 is 0. The van der Waals surface area contributed by atoms with E-state index in [1.165, 1.54) is 4.90 Å². The molecule has 4 amide bonds. The van der Waals surface area contributed by atoms with E-state index in [4.69, 9.17) is 10.5 Å². The molecule has 10 nitrogen and oxygen atoms in total. The molecule has 10 heteroatoms. The van der Waals surface area contributed by atoms with Crippen LogP contribution in [0.4, 0.5) is 16.3 Å². The molecule has 3 atom stereocenters. The van der Waals surface area contributed by atoms with Crippen molar-refractivity contribution in [3.63, 3.8) is 0 Å². The van der Waals surface area contributed by atoms with Crippen LogP contribution in [0.3, 0.4) is 0 Å². The lowest BCUT2D eigenvalue weighted by Crippen LogP contribution is -2.70. The van der Waals surface area contributed by atoms with Crippen molar-refractivity contribution in [2.24, 2.45) is 5.92 Å². The van der Waals surface area contributed by atoms with Gasteiger partial charge in [-0.05, 0) is 60.4 Å². The van der Waals surface area contributed by atoms with Gasteiger partial charge >= 0.3 is 6.03 Å². The third-order valence-electron chi connectivity index (χ3n) is 6.57. The summed E-state index contributed by atoms with van der Waals surface area (Å²) in [5.41, 5.74) is 8.01. The van der Waals surface area contributed by atoms with Crippen LogP contribution in [-0.4, -0.2) is 52.9 Å². The number of nitrogens with two attached hydrogens (primary N) is 1. The van der Waals surface area contributed by atoms with Gasteiger partial charge in [0, 0.05) is 31.3 Å². The lowest BCUT2D eigenvalue weighted by molar-refractivity contribution is -0.156. The number of carbonyl (C=O) groups is 3. The smallest absolute Gasteiger partial charge is 0.325 e. The first-order chi connectivity index (χ1) is 17.8. The van der Waals surface area contributed by atoms with Crippen LogP contribution < -0.4 is 20.7 Å². The van der Waals surface area contributed by atoms with Crippen molar-refractivity contribution >= 4 is 29.4 Å². The number of β-lactam (4-membered cyclic amide) rings is 1. The monoisotopic (exact) mass is 502 g/mol. The summed E-state index contributed by atoms with van der Waals surface area (Å²) in [4.78, 5) is 50.8. The number of carbonyl (C=O) groups excluding carboxylic acids is 3. The molecule has 0 saturated carbocycles. The zero-order valence-electron chi connectivity index (χ0n) is 21.0. The minimum atomic E-state index is -0.983. The molecule has 4 rings (SSSR count). The number of likely N-dealkylation sites (N-methyl/N-ethyl adjacent to an activating group) is 1. The van der Waals surface area contributed by atoms with Gasteiger partial charge in [0.05, 0.1) is 19.1 Å². The van der Waals surface area contributed by atoms with Crippen LogP contribution in [0.5, 0.6) is 5.75 Å². The molecule has 192 valence electrons. The highest BCUT2D eigenvalue weighted by Gasteiger charge is 2.55. The summed E-state index contributed by atoms with van der Waals surface area (Å²) in [6, 6.07) is 12.2. The third kappa shape index (κ3) is 5.37. The summed E-state index contributed by atoms with van der Waals surface area (Å²) in [6.45, 7) is 1.93. The number of urea groups is 1. The fourth-order valence-electron chi connectivity index (χ4n) is 4.52. The van der Waals surface area contributed by atoms with Gasteiger partial charge in [0.15, 0.2) is 0 Å². The minimum Gasteiger partial charge on any atom is -0.497 e. The second kappa shape index (κ2) is 11.1. The fourth-order valence-corrected chi connectivity index (χ4v) is 4.52. The average Bonchev–Trinajstić information content (AvgIpc) is 2.92. The third-order valence-corrected chi connectivity index (χ3v) is 6.57. The van der Waals surface area contributed by atoms with Gasteiger partial charge in [-0.3, -0.25) is 19.5 Å². The molecule has 0 aliphatic carbocycles. The molecule has 0 spiro atoms. The molecule has 3 heterocycles. The highest BCUT2D eigenvalue weighted by molar-refractivity contribution is 6.12. The van der Waals surface area contributed by atoms with Gasteiger partial charge in [-0.2, -0.15) is 0 Å². The predicted octanol–water partition coefficient (Wildman–Crippen LogP) is 2.96. The van der Waals surface area contributed by atoms with Crippen LogP contribution in [0.2, 0.25) is 0 Å². The number of pyridine rings is 2. The van der Waals surface area contributed by atoms with Crippen molar-refractivity contribution in [2.45, 2.75) is 31.8 Å². The van der Waals surface area contributed by atoms with E-state index in [0.29, 0.717) is 23.7 Å².